The molecule has 0 atom stereocenters. The first kappa shape index (κ1) is 37.0. The Hall–Kier alpha value is -8.01. The van der Waals surface area contributed by atoms with Crippen molar-refractivity contribution in [1.29, 1.82) is 0 Å². The molecule has 0 fully saturated rings. The Bertz CT molecular complexity index is 3010. The van der Waals surface area contributed by atoms with Crippen LogP contribution in [0.1, 0.15) is 33.4 Å². The molecule has 0 unspecified atom stereocenters. The average Bonchev–Trinajstić information content (AvgIpc) is 3.37. The van der Waals surface area contributed by atoms with Crippen LogP contribution < -0.4 is 0 Å². The summed E-state index contributed by atoms with van der Waals surface area (Å²) in [4.78, 5) is 15.4. The second-order valence-electron chi connectivity index (χ2n) is 15.9. The Morgan fingerprint density at radius 1 is 0.226 bits per heavy atom. The topological polar surface area (TPSA) is 38.7 Å². The molecule has 0 saturated carbocycles. The maximum atomic E-state index is 5.21. The van der Waals surface area contributed by atoms with Gasteiger partial charge in [-0.25, -0.2) is 15.0 Å². The van der Waals surface area contributed by atoms with E-state index < -0.39 is 10.8 Å². The summed E-state index contributed by atoms with van der Waals surface area (Å²) in [6.45, 7) is 0. The number of fused-ring (bicyclic) bond motifs is 3. The third-order valence-electron chi connectivity index (χ3n) is 12.6. The van der Waals surface area contributed by atoms with Crippen molar-refractivity contribution in [3.63, 3.8) is 0 Å². The number of rotatable bonds is 8. The number of hydrogen-bond acceptors (Lipinski definition) is 3. The molecule has 0 spiro atoms. The maximum absolute atomic E-state index is 5.21. The summed E-state index contributed by atoms with van der Waals surface area (Å²) in [6.07, 6.45) is 0. The predicted octanol–water partition coefficient (Wildman–Crippen LogP) is 13.9. The normalized spacial score (nSPS) is 13.4. The van der Waals surface area contributed by atoms with Crippen molar-refractivity contribution in [2.24, 2.45) is 0 Å². The van der Waals surface area contributed by atoms with Crippen LogP contribution >= 0.6 is 0 Å². The maximum Gasteiger partial charge on any atom is 0.164 e. The highest BCUT2D eigenvalue weighted by molar-refractivity contribution is 5.90. The first-order valence-electron chi connectivity index (χ1n) is 21.2. The molecule has 0 bridgehead atoms. The molecular formula is C59H41N3. The lowest BCUT2D eigenvalue weighted by Gasteiger charge is -2.57. The fourth-order valence-electron chi connectivity index (χ4n) is 10.1. The fourth-order valence-corrected chi connectivity index (χ4v) is 10.1. The Morgan fingerprint density at radius 3 is 1.03 bits per heavy atom. The fraction of sp³-hybridized carbons (Fsp3) is 0.0339. The predicted molar refractivity (Wildman–Crippen MR) is 253 cm³/mol. The monoisotopic (exact) mass is 791 g/mol. The first-order valence-corrected chi connectivity index (χ1v) is 21.2. The molecule has 0 N–H and O–H groups in total. The van der Waals surface area contributed by atoms with Crippen molar-refractivity contribution < 1.29 is 0 Å². The summed E-state index contributed by atoms with van der Waals surface area (Å²) in [7, 11) is 0. The van der Waals surface area contributed by atoms with Crippen molar-refractivity contribution in [3.05, 3.63) is 282 Å². The van der Waals surface area contributed by atoms with Gasteiger partial charge < -0.3 is 0 Å². The average molecular weight is 792 g/mol. The lowest BCUT2D eigenvalue weighted by molar-refractivity contribution is 0.415. The van der Waals surface area contributed by atoms with Crippen molar-refractivity contribution >= 4 is 0 Å². The Labute approximate surface area is 362 Å². The van der Waals surface area contributed by atoms with Crippen LogP contribution in [-0.4, -0.2) is 15.0 Å². The SMILES string of the molecule is c1ccc(-c2nc(-c3ccccc3)nc(-c3ccccc3-c3ccc4c(c3)C(c3ccccc3)(c3ccccc3)C(c3ccccc3)(c3ccccc3)c3ccccc3-4)n2)cc1. The second kappa shape index (κ2) is 15.5. The molecule has 3 heteroatoms. The van der Waals surface area contributed by atoms with Crippen LogP contribution in [-0.2, 0) is 10.8 Å². The van der Waals surface area contributed by atoms with E-state index in [2.05, 4.69) is 212 Å². The molecule has 62 heavy (non-hydrogen) atoms. The van der Waals surface area contributed by atoms with E-state index in [1.807, 2.05) is 36.4 Å². The lowest BCUT2D eigenvalue weighted by Crippen LogP contribution is -2.54. The minimum atomic E-state index is -0.763. The number of hydrogen-bond donors (Lipinski definition) is 0. The Balaban J connectivity index is 1.25. The number of aromatic nitrogens is 3. The van der Waals surface area contributed by atoms with E-state index in [0.29, 0.717) is 17.5 Å². The number of benzene rings is 9. The molecule has 0 aliphatic heterocycles. The number of nitrogens with zero attached hydrogens (tertiary/aromatic N) is 3. The Kier molecular flexibility index (Phi) is 9.28. The van der Waals surface area contributed by atoms with Crippen molar-refractivity contribution in [2.75, 3.05) is 0 Å². The third kappa shape index (κ3) is 5.85. The minimum absolute atomic E-state index is 0.622. The van der Waals surface area contributed by atoms with Crippen LogP contribution in [0.4, 0.5) is 0 Å². The van der Waals surface area contributed by atoms with Crippen molar-refractivity contribution in [3.8, 4) is 56.4 Å². The van der Waals surface area contributed by atoms with Crippen LogP contribution in [0.15, 0.2) is 249 Å². The standard InChI is InChI=1S/C59H41N3/c1-7-23-42(24-8-1)55-60-56(43-25-9-2-10-26-43)62-57(61-55)52-37-20-19-35-49(52)44-39-40-51-50-36-21-22-38-53(50)58(45-27-11-3-12-28-45,46-29-13-4-14-30-46)59(54(51)41-44,47-31-15-5-16-32-47)48-33-17-6-18-34-48/h1-41H. The Morgan fingerprint density at radius 2 is 0.565 bits per heavy atom. The zero-order valence-corrected chi connectivity index (χ0v) is 34.0. The highest BCUT2D eigenvalue weighted by atomic mass is 15.0. The highest BCUT2D eigenvalue weighted by Gasteiger charge is 2.61. The molecule has 9 aromatic carbocycles. The third-order valence-corrected chi connectivity index (χ3v) is 12.6. The molecule has 1 heterocycles. The lowest BCUT2D eigenvalue weighted by atomic mass is 9.43. The van der Waals surface area contributed by atoms with Crippen LogP contribution in [0, 0.1) is 0 Å². The highest BCUT2D eigenvalue weighted by Crippen LogP contribution is 2.65. The van der Waals surface area contributed by atoms with Gasteiger partial charge in [0.05, 0.1) is 10.8 Å². The molecule has 0 radical (unpaired) electrons. The largest absolute Gasteiger partial charge is 0.208 e. The first-order chi connectivity index (χ1) is 30.8. The molecule has 1 aliphatic carbocycles. The molecule has 292 valence electrons. The summed E-state index contributed by atoms with van der Waals surface area (Å²) in [5.74, 6) is 1.89. The van der Waals surface area contributed by atoms with Gasteiger partial charge in [0.1, 0.15) is 0 Å². The van der Waals surface area contributed by atoms with Gasteiger partial charge in [-0.05, 0) is 61.7 Å². The quantitative estimate of drug-likeness (QED) is 0.154. The molecular weight excluding hydrogens is 751 g/mol. The zero-order valence-electron chi connectivity index (χ0n) is 34.0. The van der Waals surface area contributed by atoms with Gasteiger partial charge in [0.2, 0.25) is 0 Å². The van der Waals surface area contributed by atoms with Crippen LogP contribution in [0.3, 0.4) is 0 Å². The van der Waals surface area contributed by atoms with E-state index in [9.17, 15) is 0 Å². The van der Waals surface area contributed by atoms with E-state index in [1.165, 1.54) is 44.5 Å². The second-order valence-corrected chi connectivity index (χ2v) is 15.9. The van der Waals surface area contributed by atoms with E-state index in [0.717, 1.165) is 27.8 Å². The molecule has 1 aromatic heterocycles. The van der Waals surface area contributed by atoms with E-state index in [4.69, 9.17) is 15.0 Å². The molecule has 10 aromatic rings. The van der Waals surface area contributed by atoms with Crippen LogP contribution in [0.25, 0.3) is 56.4 Å². The van der Waals surface area contributed by atoms with Gasteiger partial charge in [0, 0.05) is 16.7 Å². The van der Waals surface area contributed by atoms with Crippen LogP contribution in [0.2, 0.25) is 0 Å². The summed E-state index contributed by atoms with van der Waals surface area (Å²) in [5, 5.41) is 0. The van der Waals surface area contributed by atoms with Gasteiger partial charge >= 0.3 is 0 Å². The zero-order chi connectivity index (χ0) is 41.4. The van der Waals surface area contributed by atoms with Gasteiger partial charge in [0.25, 0.3) is 0 Å². The van der Waals surface area contributed by atoms with Crippen LogP contribution in [0.5, 0.6) is 0 Å². The van der Waals surface area contributed by atoms with Gasteiger partial charge in [-0.3, -0.25) is 0 Å². The molecule has 1 aliphatic rings. The van der Waals surface area contributed by atoms with Gasteiger partial charge in [-0.2, -0.15) is 0 Å². The molecule has 3 nitrogen and oxygen atoms in total. The molecule has 0 saturated heterocycles. The van der Waals surface area contributed by atoms with Gasteiger partial charge in [-0.15, -0.1) is 0 Å². The van der Waals surface area contributed by atoms with Crippen molar-refractivity contribution in [2.45, 2.75) is 10.8 Å². The van der Waals surface area contributed by atoms with Gasteiger partial charge in [-0.1, -0.05) is 243 Å². The van der Waals surface area contributed by atoms with E-state index in [-0.39, 0.29) is 0 Å². The summed E-state index contributed by atoms with van der Waals surface area (Å²) in [5.41, 5.74) is 13.2. The molecule has 0 amide bonds. The summed E-state index contributed by atoms with van der Waals surface area (Å²) < 4.78 is 0. The van der Waals surface area contributed by atoms with Crippen molar-refractivity contribution in [1.82, 2.24) is 15.0 Å². The van der Waals surface area contributed by atoms with E-state index in [1.54, 1.807) is 0 Å². The summed E-state index contributed by atoms with van der Waals surface area (Å²) in [6, 6.07) is 89.7. The van der Waals surface area contributed by atoms with E-state index >= 15 is 0 Å². The van der Waals surface area contributed by atoms with Gasteiger partial charge in [0.15, 0.2) is 17.5 Å². The molecule has 11 rings (SSSR count). The minimum Gasteiger partial charge on any atom is -0.208 e. The smallest absolute Gasteiger partial charge is 0.164 e. The summed E-state index contributed by atoms with van der Waals surface area (Å²) >= 11 is 0.